The van der Waals surface area contributed by atoms with Gasteiger partial charge in [-0.25, -0.2) is 19.6 Å². The van der Waals surface area contributed by atoms with Crippen molar-refractivity contribution in [2.45, 2.75) is 32.7 Å². The van der Waals surface area contributed by atoms with Crippen LogP contribution in [-0.4, -0.2) is 27.4 Å². The van der Waals surface area contributed by atoms with E-state index in [2.05, 4.69) is 11.7 Å². The van der Waals surface area contributed by atoms with Crippen molar-refractivity contribution in [2.24, 2.45) is 10.8 Å². The van der Waals surface area contributed by atoms with Crippen molar-refractivity contribution in [2.75, 3.05) is 6.54 Å². The molecule has 0 spiro atoms. The third-order valence-electron chi connectivity index (χ3n) is 5.46. The molecule has 8 heteroatoms. The fourth-order valence-corrected chi connectivity index (χ4v) is 4.09. The lowest BCUT2D eigenvalue weighted by Crippen LogP contribution is -2.35. The topological polar surface area (TPSA) is 70.9 Å². The molecular formula is C22H23F2N5O. The molecule has 0 aliphatic carbocycles. The lowest BCUT2D eigenvalue weighted by molar-refractivity contribution is 0.380. The Morgan fingerprint density at radius 1 is 1.33 bits per heavy atom. The van der Waals surface area contributed by atoms with Crippen LogP contribution in [0.4, 0.5) is 8.78 Å². The first-order chi connectivity index (χ1) is 14.4. The van der Waals surface area contributed by atoms with Gasteiger partial charge in [0.15, 0.2) is 5.82 Å². The number of rotatable bonds is 3. The summed E-state index contributed by atoms with van der Waals surface area (Å²) < 4.78 is 33.5. The summed E-state index contributed by atoms with van der Waals surface area (Å²) in [5.41, 5.74) is 2.50. The van der Waals surface area contributed by atoms with Gasteiger partial charge in [0.1, 0.15) is 23.2 Å². The molecule has 1 aromatic heterocycles. The second-order valence-electron chi connectivity index (χ2n) is 7.35. The summed E-state index contributed by atoms with van der Waals surface area (Å²) in [5, 5.41) is 5.40. The maximum absolute atomic E-state index is 14.4. The number of likely N-dealkylation sites (tertiary alicyclic amines) is 1. The van der Waals surface area contributed by atoms with Gasteiger partial charge >= 0.3 is 0 Å². The van der Waals surface area contributed by atoms with Gasteiger partial charge in [-0.15, -0.1) is 0 Å². The Labute approximate surface area is 173 Å². The molecule has 2 aliphatic heterocycles. The van der Waals surface area contributed by atoms with Crippen LogP contribution < -0.4 is 5.84 Å². The van der Waals surface area contributed by atoms with Gasteiger partial charge in [-0.05, 0) is 51.0 Å². The minimum Gasteiger partial charge on any atom is -0.361 e. The largest absolute Gasteiger partial charge is 0.361 e. The Hall–Kier alpha value is -3.26. The molecule has 156 valence electrons. The van der Waals surface area contributed by atoms with Gasteiger partial charge in [-0.1, -0.05) is 17.8 Å². The molecule has 0 bridgehead atoms. The molecule has 1 aromatic carbocycles. The number of hydrazine groups is 1. The summed E-state index contributed by atoms with van der Waals surface area (Å²) in [5.74, 6) is 7.02. The van der Waals surface area contributed by atoms with Crippen molar-refractivity contribution in [3.63, 3.8) is 0 Å². The van der Waals surface area contributed by atoms with E-state index in [9.17, 15) is 8.78 Å². The highest BCUT2D eigenvalue weighted by atomic mass is 19.1. The van der Waals surface area contributed by atoms with Crippen LogP contribution in [-0.2, 0) is 0 Å². The summed E-state index contributed by atoms with van der Waals surface area (Å²) in [6.07, 6.45) is 6.67. The number of hydrogen-bond acceptors (Lipinski definition) is 6. The number of aromatic nitrogens is 1. The highest BCUT2D eigenvalue weighted by Crippen LogP contribution is 2.36. The van der Waals surface area contributed by atoms with E-state index in [0.29, 0.717) is 47.2 Å². The fourth-order valence-electron chi connectivity index (χ4n) is 4.09. The molecule has 1 unspecified atom stereocenters. The quantitative estimate of drug-likeness (QED) is 0.760. The summed E-state index contributed by atoms with van der Waals surface area (Å²) in [6.45, 7) is 8.23. The number of benzene rings is 1. The third-order valence-corrected chi connectivity index (χ3v) is 5.46. The Kier molecular flexibility index (Phi) is 5.26. The fraction of sp³-hybridized carbons (Fsp3) is 0.273. The van der Waals surface area contributed by atoms with Crippen LogP contribution in [0, 0.1) is 25.5 Å². The van der Waals surface area contributed by atoms with E-state index in [0.717, 1.165) is 18.1 Å². The molecule has 0 saturated carbocycles. The van der Waals surface area contributed by atoms with Gasteiger partial charge in [0, 0.05) is 23.9 Å². The van der Waals surface area contributed by atoms with Crippen LogP contribution in [0.2, 0.25) is 0 Å². The average molecular weight is 411 g/mol. The molecule has 1 atom stereocenters. The van der Waals surface area contributed by atoms with Gasteiger partial charge in [0.25, 0.3) is 0 Å². The molecule has 30 heavy (non-hydrogen) atoms. The van der Waals surface area contributed by atoms with Crippen LogP contribution in [0.1, 0.15) is 41.5 Å². The summed E-state index contributed by atoms with van der Waals surface area (Å²) >= 11 is 0. The van der Waals surface area contributed by atoms with E-state index in [-0.39, 0.29) is 6.04 Å². The van der Waals surface area contributed by atoms with Crippen LogP contribution in [0.15, 0.2) is 58.5 Å². The van der Waals surface area contributed by atoms with E-state index < -0.39 is 11.6 Å². The molecule has 2 aromatic rings. The van der Waals surface area contributed by atoms with E-state index in [1.807, 2.05) is 18.7 Å². The number of nitrogens with two attached hydrogens (primary N) is 1. The third kappa shape index (κ3) is 3.43. The average Bonchev–Trinajstić information content (AvgIpc) is 3.34. The first kappa shape index (κ1) is 20.0. The Morgan fingerprint density at radius 2 is 2.13 bits per heavy atom. The second-order valence-corrected chi connectivity index (χ2v) is 7.35. The van der Waals surface area contributed by atoms with Crippen LogP contribution in [0.5, 0.6) is 0 Å². The zero-order valence-corrected chi connectivity index (χ0v) is 16.9. The smallest absolute Gasteiger partial charge is 0.157 e. The molecule has 3 heterocycles. The molecule has 0 amide bonds. The first-order valence-electron chi connectivity index (χ1n) is 9.73. The number of nitrogens with zero attached hydrogens (tertiary/aromatic N) is 4. The van der Waals surface area contributed by atoms with Crippen molar-refractivity contribution in [3.8, 4) is 0 Å². The monoisotopic (exact) mass is 411 g/mol. The van der Waals surface area contributed by atoms with Crippen LogP contribution >= 0.6 is 0 Å². The van der Waals surface area contributed by atoms with E-state index in [4.69, 9.17) is 15.4 Å². The summed E-state index contributed by atoms with van der Waals surface area (Å²) in [6, 6.07) is 3.25. The number of allylic oxidation sites excluding steroid dienone is 2. The lowest BCUT2D eigenvalue weighted by atomic mass is 10.0. The predicted octanol–water partition coefficient (Wildman–Crippen LogP) is 4.36. The minimum atomic E-state index is -0.458. The number of aryl methyl sites for hydroxylation is 2. The molecule has 2 N–H and O–H groups in total. The van der Waals surface area contributed by atoms with Crippen LogP contribution in [0.3, 0.4) is 0 Å². The molecular weight excluding hydrogens is 388 g/mol. The molecule has 0 radical (unpaired) electrons. The van der Waals surface area contributed by atoms with Crippen molar-refractivity contribution >= 4 is 11.4 Å². The van der Waals surface area contributed by atoms with Gasteiger partial charge in [-0.2, -0.15) is 0 Å². The maximum Gasteiger partial charge on any atom is 0.157 e. The van der Waals surface area contributed by atoms with Crippen molar-refractivity contribution in [1.29, 1.82) is 0 Å². The van der Waals surface area contributed by atoms with Gasteiger partial charge in [0.2, 0.25) is 0 Å². The zero-order chi connectivity index (χ0) is 21.4. The first-order valence-corrected chi connectivity index (χ1v) is 9.73. The normalized spacial score (nSPS) is 20.6. The van der Waals surface area contributed by atoms with Crippen molar-refractivity contribution in [3.05, 3.63) is 83.2 Å². The van der Waals surface area contributed by atoms with E-state index in [1.165, 1.54) is 17.1 Å². The standard InChI is InChI=1S/C22H23F2N5O/c1-4-16(21-13(2)27-30-14(21)3)22-26-20(9-11-29(22)25)28-10-5-6-19(28)17-12-15(23)7-8-18(17)24/h4,7-9,11-12,19H,1,5-6,10,25H2,2-3H3/b22-16+. The van der Waals surface area contributed by atoms with Crippen molar-refractivity contribution < 1.29 is 13.3 Å². The number of hydrogen-bond donors (Lipinski definition) is 1. The second kappa shape index (κ2) is 7.87. The lowest BCUT2D eigenvalue weighted by Gasteiger charge is -2.31. The van der Waals surface area contributed by atoms with Gasteiger partial charge < -0.3 is 9.42 Å². The maximum atomic E-state index is 14.4. The Bertz CT molecular complexity index is 1070. The summed E-state index contributed by atoms with van der Waals surface area (Å²) in [4.78, 5) is 6.74. The molecule has 6 nitrogen and oxygen atoms in total. The van der Waals surface area contributed by atoms with Gasteiger partial charge in [-0.3, -0.25) is 5.01 Å². The molecule has 4 rings (SSSR count). The summed E-state index contributed by atoms with van der Waals surface area (Å²) in [7, 11) is 0. The SMILES string of the molecule is C=C/C(=C1/N=C(N2CCCC2c2cc(F)ccc2F)C=CN1N)c1c(C)noc1C. The highest BCUT2D eigenvalue weighted by molar-refractivity contribution is 5.96. The number of halogens is 2. The molecule has 1 fully saturated rings. The predicted molar refractivity (Wildman–Crippen MR) is 111 cm³/mol. The van der Waals surface area contributed by atoms with E-state index >= 15 is 0 Å². The minimum absolute atomic E-state index is 0.305. The number of aliphatic imine (C=N–C) groups is 1. The van der Waals surface area contributed by atoms with Crippen LogP contribution in [0.25, 0.3) is 5.57 Å². The zero-order valence-electron chi connectivity index (χ0n) is 16.9. The van der Waals surface area contributed by atoms with Crippen molar-refractivity contribution in [1.82, 2.24) is 15.1 Å². The molecule has 1 saturated heterocycles. The number of amidine groups is 1. The van der Waals surface area contributed by atoms with E-state index in [1.54, 1.807) is 18.4 Å². The Morgan fingerprint density at radius 3 is 2.83 bits per heavy atom. The molecule has 2 aliphatic rings. The Balaban J connectivity index is 1.78. The highest BCUT2D eigenvalue weighted by Gasteiger charge is 2.32. The van der Waals surface area contributed by atoms with Gasteiger partial charge in [0.05, 0.1) is 17.3 Å².